The topological polar surface area (TPSA) is 24.5 Å². The first-order valence-corrected chi connectivity index (χ1v) is 17.6. The van der Waals surface area contributed by atoms with Gasteiger partial charge in [0.25, 0.3) is 0 Å². The molecule has 0 aliphatic heterocycles. The largest absolute Gasteiger partial charge is 0.494 e. The van der Waals surface area contributed by atoms with Gasteiger partial charge in [0.2, 0.25) is 0 Å². The average Bonchev–Trinajstić information content (AvgIpc) is 3.51. The Labute approximate surface area is 292 Å². The maximum atomic E-state index is 13.6. The maximum Gasteiger partial charge on any atom is 0.416 e. The molecule has 1 N–H and O–H groups in total. The fourth-order valence-corrected chi connectivity index (χ4v) is 7.28. The molecule has 0 radical (unpaired) electrons. The van der Waals surface area contributed by atoms with Crippen molar-refractivity contribution in [2.75, 3.05) is 26.2 Å². The van der Waals surface area contributed by atoms with Crippen molar-refractivity contribution >= 4 is 38.9 Å². The average molecular weight is 742 g/mol. The predicted molar refractivity (Wildman–Crippen MR) is 190 cm³/mol. The molecule has 1 atom stereocenters. The van der Waals surface area contributed by atoms with Gasteiger partial charge in [0.15, 0.2) is 0 Å². The second-order valence-electron chi connectivity index (χ2n) is 11.3. The third-order valence-electron chi connectivity index (χ3n) is 7.91. The summed E-state index contributed by atoms with van der Waals surface area (Å²) in [5.74, 6) is 0.764. The van der Waals surface area contributed by atoms with E-state index in [-0.39, 0.29) is 5.92 Å². The number of nitrogens with zero attached hydrogens (tertiary/aromatic N) is 1. The zero-order valence-corrected chi connectivity index (χ0v) is 29.0. The minimum atomic E-state index is -4.45. The van der Waals surface area contributed by atoms with Gasteiger partial charge in [0.1, 0.15) is 11.3 Å². The molecule has 1 heterocycles. The van der Waals surface area contributed by atoms with Crippen molar-refractivity contribution in [1.82, 2.24) is 10.2 Å². The van der Waals surface area contributed by atoms with Crippen LogP contribution in [0.1, 0.15) is 50.5 Å². The number of alkyl halides is 4. The molecule has 0 aliphatic carbocycles. The summed E-state index contributed by atoms with van der Waals surface area (Å²) in [5, 5.41) is 3.49. The fourth-order valence-electron chi connectivity index (χ4n) is 5.52. The van der Waals surface area contributed by atoms with Crippen LogP contribution >= 0.6 is 38.9 Å². The van der Waals surface area contributed by atoms with Gasteiger partial charge >= 0.3 is 6.18 Å². The van der Waals surface area contributed by atoms with Gasteiger partial charge in [-0.05, 0) is 94.0 Å². The van der Waals surface area contributed by atoms with Crippen LogP contribution in [0.25, 0.3) is 0 Å². The van der Waals surface area contributed by atoms with Crippen molar-refractivity contribution in [2.45, 2.75) is 37.0 Å². The van der Waals surface area contributed by atoms with E-state index in [1.807, 2.05) is 48.5 Å². The summed E-state index contributed by atoms with van der Waals surface area (Å²) in [6.45, 7) is 3.18. The lowest BCUT2D eigenvalue weighted by Crippen LogP contribution is -2.32. The highest BCUT2D eigenvalue weighted by molar-refractivity contribution is 9.11. The Bertz CT molecular complexity index is 1630. The SMILES string of the molecule is FC(F)(F)c1cccc(C(Cl)N(CCCOc2cccc(CCNCc3ccc(Br)s3)c2)CC(c2ccccc2)c2ccccc2)c1. The normalized spacial score (nSPS) is 12.5. The molecule has 5 rings (SSSR count). The molecular weight excluding hydrogens is 705 g/mol. The third-order valence-corrected chi connectivity index (χ3v) is 10.1. The smallest absolute Gasteiger partial charge is 0.416 e. The molecule has 0 fully saturated rings. The van der Waals surface area contributed by atoms with E-state index in [9.17, 15) is 13.2 Å². The van der Waals surface area contributed by atoms with Crippen LogP contribution in [0, 0.1) is 0 Å². The maximum absolute atomic E-state index is 13.6. The van der Waals surface area contributed by atoms with E-state index in [4.69, 9.17) is 16.3 Å². The van der Waals surface area contributed by atoms with Crippen LogP contribution in [0.5, 0.6) is 5.75 Å². The molecule has 4 aromatic carbocycles. The second-order valence-corrected chi connectivity index (χ2v) is 14.3. The number of hydrogen-bond acceptors (Lipinski definition) is 4. The first-order chi connectivity index (χ1) is 22.8. The Kier molecular flexibility index (Phi) is 13.0. The molecule has 1 aromatic heterocycles. The lowest BCUT2D eigenvalue weighted by atomic mass is 9.90. The van der Waals surface area contributed by atoms with E-state index in [0.717, 1.165) is 52.3 Å². The zero-order chi connectivity index (χ0) is 33.1. The van der Waals surface area contributed by atoms with Gasteiger partial charge in [-0.15, -0.1) is 22.9 Å². The number of hydrogen-bond donors (Lipinski definition) is 1. The summed E-state index contributed by atoms with van der Waals surface area (Å²) in [4.78, 5) is 3.34. The highest BCUT2D eigenvalue weighted by Gasteiger charge is 2.32. The highest BCUT2D eigenvalue weighted by Crippen LogP contribution is 2.35. The summed E-state index contributed by atoms with van der Waals surface area (Å²) in [6.07, 6.45) is -2.93. The molecule has 0 amide bonds. The van der Waals surface area contributed by atoms with E-state index < -0.39 is 17.2 Å². The number of halogens is 5. The van der Waals surface area contributed by atoms with Crippen molar-refractivity contribution in [3.05, 3.63) is 158 Å². The summed E-state index contributed by atoms with van der Waals surface area (Å²) in [5.41, 5.74) is 2.35. The van der Waals surface area contributed by atoms with E-state index in [0.29, 0.717) is 31.7 Å². The van der Waals surface area contributed by atoms with Crippen LogP contribution in [0.3, 0.4) is 0 Å². The van der Waals surface area contributed by atoms with Crippen LogP contribution in [-0.4, -0.2) is 31.1 Å². The zero-order valence-electron chi connectivity index (χ0n) is 25.8. The second kappa shape index (κ2) is 17.3. The molecule has 1 unspecified atom stereocenters. The number of ether oxygens (including phenoxy) is 1. The number of rotatable bonds is 16. The fraction of sp³-hybridized carbons (Fsp3) is 0.263. The van der Waals surface area contributed by atoms with Crippen LogP contribution < -0.4 is 10.1 Å². The van der Waals surface area contributed by atoms with Crippen molar-refractivity contribution in [3.8, 4) is 5.75 Å². The van der Waals surface area contributed by atoms with Gasteiger partial charge in [0, 0.05) is 30.4 Å². The molecule has 9 heteroatoms. The van der Waals surface area contributed by atoms with Crippen LogP contribution in [0.2, 0.25) is 0 Å². The number of thiophene rings is 1. The van der Waals surface area contributed by atoms with Crippen LogP contribution in [0.15, 0.2) is 125 Å². The van der Waals surface area contributed by atoms with Crippen LogP contribution in [0.4, 0.5) is 13.2 Å². The molecule has 246 valence electrons. The Morgan fingerprint density at radius 1 is 0.809 bits per heavy atom. The van der Waals surface area contributed by atoms with Crippen molar-refractivity contribution in [2.24, 2.45) is 0 Å². The molecule has 3 nitrogen and oxygen atoms in total. The molecule has 0 spiro atoms. The molecule has 0 saturated carbocycles. The van der Waals surface area contributed by atoms with E-state index in [1.54, 1.807) is 17.4 Å². The lowest BCUT2D eigenvalue weighted by molar-refractivity contribution is -0.137. The molecular formula is C38H37BrClF3N2OS. The molecule has 0 bridgehead atoms. The van der Waals surface area contributed by atoms with Crippen molar-refractivity contribution in [1.29, 1.82) is 0 Å². The monoisotopic (exact) mass is 740 g/mol. The lowest BCUT2D eigenvalue weighted by Gasteiger charge is -2.32. The number of nitrogens with one attached hydrogen (secondary N) is 1. The highest BCUT2D eigenvalue weighted by atomic mass is 79.9. The quantitative estimate of drug-likeness (QED) is 0.0619. The molecule has 0 aliphatic rings. The summed E-state index contributed by atoms with van der Waals surface area (Å²) >= 11 is 12.3. The van der Waals surface area contributed by atoms with Crippen molar-refractivity contribution < 1.29 is 17.9 Å². The number of benzene rings is 4. The van der Waals surface area contributed by atoms with Gasteiger partial charge in [-0.3, -0.25) is 4.90 Å². The van der Waals surface area contributed by atoms with Gasteiger partial charge in [-0.25, -0.2) is 0 Å². The predicted octanol–water partition coefficient (Wildman–Crippen LogP) is 10.7. The summed E-state index contributed by atoms with van der Waals surface area (Å²) < 4.78 is 48.1. The summed E-state index contributed by atoms with van der Waals surface area (Å²) in [7, 11) is 0. The minimum Gasteiger partial charge on any atom is -0.494 e. The summed E-state index contributed by atoms with van der Waals surface area (Å²) in [6, 6.07) is 37.9. The van der Waals surface area contributed by atoms with Crippen molar-refractivity contribution in [3.63, 3.8) is 0 Å². The first kappa shape index (κ1) is 35.2. The van der Waals surface area contributed by atoms with Gasteiger partial charge < -0.3 is 10.1 Å². The van der Waals surface area contributed by atoms with E-state index >= 15 is 0 Å². The van der Waals surface area contributed by atoms with Crippen LogP contribution in [-0.2, 0) is 19.1 Å². The molecule has 47 heavy (non-hydrogen) atoms. The van der Waals surface area contributed by atoms with Gasteiger partial charge in [-0.2, -0.15) is 13.2 Å². The molecule has 5 aromatic rings. The molecule has 0 saturated heterocycles. The Balaban J connectivity index is 1.25. The van der Waals surface area contributed by atoms with E-state index in [1.165, 1.54) is 16.5 Å². The Hall–Kier alpha value is -3.14. The van der Waals surface area contributed by atoms with Gasteiger partial charge in [0.05, 0.1) is 16.0 Å². The Morgan fingerprint density at radius 2 is 1.49 bits per heavy atom. The standard InChI is InChI=1S/C38H37BrClF3N2OS/c39-36-19-18-34(47-36)26-44-21-20-28-10-7-17-33(24-28)46-23-9-22-45(37(40)31-15-8-16-32(25-31)38(41,42)43)27-35(29-11-3-1-4-12-29)30-13-5-2-6-14-30/h1-8,10-19,24-25,35,37,44H,9,20-23,26-27H2. The first-order valence-electron chi connectivity index (χ1n) is 15.6. The Morgan fingerprint density at radius 3 is 2.15 bits per heavy atom. The third kappa shape index (κ3) is 10.7. The van der Waals surface area contributed by atoms with E-state index in [2.05, 4.69) is 74.7 Å². The van der Waals surface area contributed by atoms with Gasteiger partial charge in [-0.1, -0.05) is 84.9 Å². The minimum absolute atomic E-state index is 0.0306.